The van der Waals surface area contributed by atoms with Gasteiger partial charge < -0.3 is 19.9 Å². The molecule has 0 fully saturated rings. The van der Waals surface area contributed by atoms with Crippen LogP contribution in [0.1, 0.15) is 25.5 Å². The van der Waals surface area contributed by atoms with Crippen molar-refractivity contribution < 1.29 is 19.0 Å². The van der Waals surface area contributed by atoms with Crippen molar-refractivity contribution >= 4 is 38.8 Å². The van der Waals surface area contributed by atoms with Crippen molar-refractivity contribution in [2.75, 3.05) is 20.8 Å². The van der Waals surface area contributed by atoms with Gasteiger partial charge >= 0.3 is 5.97 Å². The summed E-state index contributed by atoms with van der Waals surface area (Å²) in [7, 11) is 3.08. The number of aliphatic imine (C=N–C) groups is 1. The maximum absolute atomic E-state index is 12.9. The monoisotopic (exact) mass is 478 g/mol. The number of rotatable bonds is 5. The SMILES string of the molecule is CCOC(=O)C1=C(C)N=C2SC(C#N)=C(N)N2[C@@H]1c1cc(Br)c(OC)cc1OC. The Morgan fingerprint density at radius 1 is 1.38 bits per heavy atom. The van der Waals surface area contributed by atoms with E-state index in [0.717, 1.165) is 11.8 Å². The van der Waals surface area contributed by atoms with E-state index in [-0.39, 0.29) is 12.4 Å². The second-order valence-electron chi connectivity index (χ2n) is 6.04. The van der Waals surface area contributed by atoms with Gasteiger partial charge in [0, 0.05) is 11.6 Å². The van der Waals surface area contributed by atoms with Crippen molar-refractivity contribution in [3.63, 3.8) is 0 Å². The lowest BCUT2D eigenvalue weighted by atomic mass is 9.93. The molecule has 0 unspecified atom stereocenters. The largest absolute Gasteiger partial charge is 0.496 e. The van der Waals surface area contributed by atoms with E-state index in [9.17, 15) is 10.1 Å². The second kappa shape index (κ2) is 8.39. The van der Waals surface area contributed by atoms with Crippen molar-refractivity contribution in [2.45, 2.75) is 19.9 Å². The first-order chi connectivity index (χ1) is 13.9. The van der Waals surface area contributed by atoms with Gasteiger partial charge in [-0.15, -0.1) is 0 Å². The maximum atomic E-state index is 12.9. The lowest BCUT2D eigenvalue weighted by molar-refractivity contribution is -0.139. The molecule has 0 radical (unpaired) electrons. The Kier molecular flexibility index (Phi) is 6.10. The standard InChI is InChI=1S/C19H19BrN4O4S/c1-5-28-18(25)15-9(2)23-19-24(17(22)14(8-21)29-19)16(15)10-6-11(20)13(27-4)7-12(10)26-3/h6-7,16H,5,22H2,1-4H3/t16-/m1/s1. The van der Waals surface area contributed by atoms with E-state index in [4.69, 9.17) is 19.9 Å². The molecule has 2 aliphatic heterocycles. The minimum atomic E-state index is -0.683. The van der Waals surface area contributed by atoms with Crippen molar-refractivity contribution in [2.24, 2.45) is 10.7 Å². The van der Waals surface area contributed by atoms with Gasteiger partial charge in [-0.3, -0.25) is 4.90 Å². The summed E-state index contributed by atoms with van der Waals surface area (Å²) in [4.78, 5) is 19.3. The number of methoxy groups -OCH3 is 2. The van der Waals surface area contributed by atoms with Crippen LogP contribution in [0.25, 0.3) is 0 Å². The van der Waals surface area contributed by atoms with E-state index in [2.05, 4.69) is 27.0 Å². The van der Waals surface area contributed by atoms with Gasteiger partial charge in [0.15, 0.2) is 5.17 Å². The normalized spacial score (nSPS) is 18.3. The molecule has 2 heterocycles. The van der Waals surface area contributed by atoms with Gasteiger partial charge in [0.2, 0.25) is 0 Å². The summed E-state index contributed by atoms with van der Waals surface area (Å²) in [6, 6.07) is 4.93. The Bertz CT molecular complexity index is 1010. The summed E-state index contributed by atoms with van der Waals surface area (Å²) in [6.45, 7) is 3.68. The fourth-order valence-electron chi connectivity index (χ4n) is 3.20. The number of carbonyl (C=O) groups is 1. The molecule has 1 aromatic carbocycles. The molecular weight excluding hydrogens is 460 g/mol. The number of nitriles is 1. The number of allylic oxidation sites excluding steroid dienone is 2. The molecule has 0 saturated heterocycles. The summed E-state index contributed by atoms with van der Waals surface area (Å²) in [6.07, 6.45) is 0. The predicted octanol–water partition coefficient (Wildman–Crippen LogP) is 3.41. The predicted molar refractivity (Wildman–Crippen MR) is 113 cm³/mol. The molecule has 1 aromatic rings. The Labute approximate surface area is 181 Å². The molecular formula is C19H19BrN4O4S. The number of thioether (sulfide) groups is 1. The van der Waals surface area contributed by atoms with E-state index < -0.39 is 12.0 Å². The molecule has 29 heavy (non-hydrogen) atoms. The van der Waals surface area contributed by atoms with E-state index in [0.29, 0.717) is 42.9 Å². The number of amidine groups is 1. The Hall–Kier alpha value is -2.64. The molecule has 152 valence electrons. The van der Waals surface area contributed by atoms with Crippen molar-refractivity contribution in [3.8, 4) is 17.6 Å². The molecule has 1 atom stereocenters. The highest BCUT2D eigenvalue weighted by Gasteiger charge is 2.44. The zero-order valence-corrected chi connectivity index (χ0v) is 18.7. The van der Waals surface area contributed by atoms with Crippen LogP contribution in [0, 0.1) is 11.3 Å². The number of hydrogen-bond donors (Lipinski definition) is 1. The number of halogens is 1. The topological polar surface area (TPSA) is 110 Å². The molecule has 0 saturated carbocycles. The molecule has 10 heteroatoms. The van der Waals surface area contributed by atoms with Gasteiger partial charge in [0.1, 0.15) is 34.3 Å². The van der Waals surface area contributed by atoms with Crippen LogP contribution < -0.4 is 15.2 Å². The third-order valence-corrected chi connectivity index (χ3v) is 6.07. The summed E-state index contributed by atoms with van der Waals surface area (Å²) < 4.78 is 16.9. The molecule has 2 aliphatic rings. The van der Waals surface area contributed by atoms with Gasteiger partial charge in [-0.1, -0.05) is 0 Å². The number of fused-ring (bicyclic) bond motifs is 1. The Balaban J connectivity index is 2.28. The zero-order chi connectivity index (χ0) is 21.3. The Morgan fingerprint density at radius 2 is 2.07 bits per heavy atom. The van der Waals surface area contributed by atoms with E-state index in [1.54, 1.807) is 38.0 Å². The molecule has 0 bridgehead atoms. The highest BCUT2D eigenvalue weighted by Crippen LogP contribution is 2.48. The number of ether oxygens (including phenoxy) is 3. The van der Waals surface area contributed by atoms with Crippen molar-refractivity contribution in [3.05, 3.63) is 44.2 Å². The maximum Gasteiger partial charge on any atom is 0.338 e. The smallest absolute Gasteiger partial charge is 0.338 e. The zero-order valence-electron chi connectivity index (χ0n) is 16.3. The summed E-state index contributed by atoms with van der Waals surface area (Å²) >= 11 is 4.65. The van der Waals surface area contributed by atoms with Crippen molar-refractivity contribution in [1.29, 1.82) is 5.26 Å². The first-order valence-corrected chi connectivity index (χ1v) is 10.2. The third-order valence-electron chi connectivity index (χ3n) is 4.47. The second-order valence-corrected chi connectivity index (χ2v) is 7.88. The molecule has 0 amide bonds. The van der Waals surface area contributed by atoms with Gasteiger partial charge in [-0.25, -0.2) is 9.79 Å². The van der Waals surface area contributed by atoms with E-state index in [1.165, 1.54) is 7.11 Å². The van der Waals surface area contributed by atoms with Gasteiger partial charge in [-0.05, 0) is 47.6 Å². The van der Waals surface area contributed by atoms with Crippen LogP contribution in [0.3, 0.4) is 0 Å². The molecule has 8 nitrogen and oxygen atoms in total. The van der Waals surface area contributed by atoms with Gasteiger partial charge in [-0.2, -0.15) is 5.26 Å². The van der Waals surface area contributed by atoms with Crippen LogP contribution in [0.15, 0.2) is 43.6 Å². The van der Waals surface area contributed by atoms with Crippen LogP contribution in [0.2, 0.25) is 0 Å². The van der Waals surface area contributed by atoms with Gasteiger partial charge in [0.05, 0.1) is 36.6 Å². The lowest BCUT2D eigenvalue weighted by Gasteiger charge is -2.35. The first-order valence-electron chi connectivity index (χ1n) is 8.62. The van der Waals surface area contributed by atoms with Crippen LogP contribution in [-0.4, -0.2) is 36.9 Å². The van der Waals surface area contributed by atoms with E-state index >= 15 is 0 Å². The number of nitrogens with zero attached hydrogens (tertiary/aromatic N) is 3. The number of carbonyl (C=O) groups excluding carboxylic acids is 1. The summed E-state index contributed by atoms with van der Waals surface area (Å²) in [5.74, 6) is 0.791. The van der Waals surface area contributed by atoms with Crippen LogP contribution in [-0.2, 0) is 9.53 Å². The molecule has 2 N–H and O–H groups in total. The van der Waals surface area contributed by atoms with Crippen LogP contribution in [0.5, 0.6) is 11.5 Å². The highest BCUT2D eigenvalue weighted by molar-refractivity contribution is 9.10. The average molecular weight is 479 g/mol. The quantitative estimate of drug-likeness (QED) is 0.640. The van der Waals surface area contributed by atoms with Gasteiger partial charge in [0.25, 0.3) is 0 Å². The minimum Gasteiger partial charge on any atom is -0.496 e. The minimum absolute atomic E-state index is 0.214. The molecule has 3 rings (SSSR count). The third kappa shape index (κ3) is 3.56. The summed E-state index contributed by atoms with van der Waals surface area (Å²) in [5.41, 5.74) is 7.74. The molecule has 0 aromatic heterocycles. The Morgan fingerprint density at radius 3 is 2.66 bits per heavy atom. The number of hydrogen-bond acceptors (Lipinski definition) is 9. The van der Waals surface area contributed by atoms with Crippen LogP contribution >= 0.6 is 27.7 Å². The van der Waals surface area contributed by atoms with E-state index in [1.807, 2.05) is 0 Å². The summed E-state index contributed by atoms with van der Waals surface area (Å²) in [5, 5.41) is 9.95. The molecule has 0 spiro atoms. The number of nitrogens with two attached hydrogens (primary N) is 1. The lowest BCUT2D eigenvalue weighted by Crippen LogP contribution is -2.39. The fraction of sp³-hybridized carbons (Fsp3) is 0.316. The van der Waals surface area contributed by atoms with Crippen molar-refractivity contribution in [1.82, 2.24) is 4.90 Å². The highest BCUT2D eigenvalue weighted by atomic mass is 79.9. The average Bonchev–Trinajstić information content (AvgIpc) is 3.02. The van der Waals surface area contributed by atoms with Crippen LogP contribution in [0.4, 0.5) is 0 Å². The number of benzene rings is 1. The number of esters is 1. The first kappa shape index (κ1) is 21.1. The fourth-order valence-corrected chi connectivity index (χ4v) is 4.64. The molecule has 0 aliphatic carbocycles.